The average molecular weight is 488 g/mol. The Bertz CT molecular complexity index is 1280. The number of benzene rings is 4. The Morgan fingerprint density at radius 2 is 1.16 bits per heavy atom. The van der Waals surface area contributed by atoms with E-state index in [-0.39, 0.29) is 24.2 Å². The second-order valence-electron chi connectivity index (χ2n) is 10.3. The first-order valence-electron chi connectivity index (χ1n) is 13.1. The molecule has 0 aliphatic carbocycles. The fourth-order valence-corrected chi connectivity index (χ4v) is 5.85. The van der Waals surface area contributed by atoms with Crippen LogP contribution in [0.15, 0.2) is 115 Å². The van der Waals surface area contributed by atoms with Crippen LogP contribution in [0, 0.1) is 5.41 Å². The average Bonchev–Trinajstić information content (AvgIpc) is 3.19. The standard InChI is InChI=1S/C34H33NO2/c1-4-26-20-22-27(23-21-26)25(2)33(3)24-31(36)35(32(33)37)34(28-14-8-5-9-15-28,29-16-10-6-11-17-29)30-18-12-7-13-19-30/h5-23,25H,4,24H2,1-3H3/t25-,33+/m1/s1. The second kappa shape index (κ2) is 9.82. The molecule has 0 spiro atoms. The molecule has 0 saturated carbocycles. The summed E-state index contributed by atoms with van der Waals surface area (Å²) in [7, 11) is 0. The highest BCUT2D eigenvalue weighted by atomic mass is 16.2. The summed E-state index contributed by atoms with van der Waals surface area (Å²) < 4.78 is 0. The lowest BCUT2D eigenvalue weighted by atomic mass is 9.72. The lowest BCUT2D eigenvalue weighted by molar-refractivity contribution is -0.146. The van der Waals surface area contributed by atoms with Gasteiger partial charge in [0.1, 0.15) is 5.54 Å². The van der Waals surface area contributed by atoms with Crippen LogP contribution in [-0.4, -0.2) is 16.7 Å². The van der Waals surface area contributed by atoms with Gasteiger partial charge in [-0.3, -0.25) is 14.5 Å². The maximum Gasteiger partial charge on any atom is 0.237 e. The Labute approximate surface area is 219 Å². The zero-order valence-electron chi connectivity index (χ0n) is 21.7. The number of nitrogens with zero attached hydrogens (tertiary/aromatic N) is 1. The molecular formula is C34H33NO2. The third kappa shape index (κ3) is 3.99. The molecule has 1 aliphatic rings. The van der Waals surface area contributed by atoms with E-state index in [2.05, 4.69) is 38.1 Å². The van der Waals surface area contributed by atoms with Crippen molar-refractivity contribution in [1.29, 1.82) is 0 Å². The van der Waals surface area contributed by atoms with E-state index >= 15 is 0 Å². The minimum Gasteiger partial charge on any atom is -0.274 e. The van der Waals surface area contributed by atoms with E-state index in [1.165, 1.54) is 5.56 Å². The van der Waals surface area contributed by atoms with Gasteiger partial charge in [0.2, 0.25) is 11.8 Å². The van der Waals surface area contributed by atoms with E-state index in [1.54, 1.807) is 4.90 Å². The van der Waals surface area contributed by atoms with Crippen LogP contribution in [-0.2, 0) is 21.5 Å². The number of imide groups is 1. The summed E-state index contributed by atoms with van der Waals surface area (Å²) in [6, 6.07) is 38.3. The number of likely N-dealkylation sites (tertiary alicyclic amines) is 1. The number of carbonyl (C=O) groups is 2. The van der Waals surface area contributed by atoms with Gasteiger partial charge in [0, 0.05) is 6.42 Å². The molecule has 0 aromatic heterocycles. The quantitative estimate of drug-likeness (QED) is 0.206. The van der Waals surface area contributed by atoms with Gasteiger partial charge >= 0.3 is 0 Å². The molecule has 3 heteroatoms. The van der Waals surface area contributed by atoms with Gasteiger partial charge in [0.15, 0.2) is 0 Å². The summed E-state index contributed by atoms with van der Waals surface area (Å²) in [5.41, 5.74) is 3.05. The minimum atomic E-state index is -1.08. The van der Waals surface area contributed by atoms with Crippen molar-refractivity contribution in [2.45, 2.75) is 45.1 Å². The molecule has 4 aromatic carbocycles. The summed E-state index contributed by atoms with van der Waals surface area (Å²) in [6.45, 7) is 6.16. The first-order chi connectivity index (χ1) is 17.9. The highest BCUT2D eigenvalue weighted by molar-refractivity contribution is 6.08. The zero-order valence-corrected chi connectivity index (χ0v) is 21.7. The number of hydrogen-bond donors (Lipinski definition) is 0. The Hall–Kier alpha value is -3.98. The van der Waals surface area contributed by atoms with Crippen LogP contribution in [0.1, 0.15) is 60.9 Å². The van der Waals surface area contributed by atoms with E-state index in [1.807, 2.05) is 97.9 Å². The molecule has 4 aromatic rings. The summed E-state index contributed by atoms with van der Waals surface area (Å²) in [5.74, 6) is -0.415. The van der Waals surface area contributed by atoms with Crippen molar-refractivity contribution in [2.24, 2.45) is 5.41 Å². The smallest absolute Gasteiger partial charge is 0.237 e. The van der Waals surface area contributed by atoms with Crippen molar-refractivity contribution in [3.8, 4) is 0 Å². The van der Waals surface area contributed by atoms with Gasteiger partial charge < -0.3 is 0 Å². The molecule has 2 amide bonds. The maximum absolute atomic E-state index is 14.6. The third-order valence-electron chi connectivity index (χ3n) is 8.21. The number of hydrogen-bond acceptors (Lipinski definition) is 2. The molecule has 5 rings (SSSR count). The summed E-state index contributed by atoms with van der Waals surface area (Å²) >= 11 is 0. The van der Waals surface area contributed by atoms with Crippen molar-refractivity contribution in [1.82, 2.24) is 4.90 Å². The number of aryl methyl sites for hydroxylation is 1. The minimum absolute atomic E-state index is 0.125. The lowest BCUT2D eigenvalue weighted by Gasteiger charge is -2.43. The van der Waals surface area contributed by atoms with Crippen LogP contribution in [0.5, 0.6) is 0 Å². The first kappa shape index (κ1) is 24.7. The molecule has 1 saturated heterocycles. The van der Waals surface area contributed by atoms with E-state index in [4.69, 9.17) is 0 Å². The number of amides is 2. The van der Waals surface area contributed by atoms with Gasteiger partial charge in [-0.25, -0.2) is 0 Å². The normalized spacial score (nSPS) is 18.7. The fourth-order valence-electron chi connectivity index (χ4n) is 5.85. The molecule has 37 heavy (non-hydrogen) atoms. The van der Waals surface area contributed by atoms with E-state index in [0.29, 0.717) is 0 Å². The summed E-state index contributed by atoms with van der Waals surface area (Å²) in [5, 5.41) is 0. The van der Waals surface area contributed by atoms with Gasteiger partial charge in [0.05, 0.1) is 5.41 Å². The van der Waals surface area contributed by atoms with Crippen LogP contribution in [0.4, 0.5) is 0 Å². The highest BCUT2D eigenvalue weighted by Gasteiger charge is 2.59. The molecular weight excluding hydrogens is 454 g/mol. The van der Waals surface area contributed by atoms with E-state index in [9.17, 15) is 9.59 Å². The summed E-state index contributed by atoms with van der Waals surface area (Å²) in [4.78, 5) is 30.3. The van der Waals surface area contributed by atoms with Crippen LogP contribution in [0.2, 0.25) is 0 Å². The van der Waals surface area contributed by atoms with Crippen LogP contribution in [0.25, 0.3) is 0 Å². The maximum atomic E-state index is 14.6. The number of carbonyl (C=O) groups excluding carboxylic acids is 2. The van der Waals surface area contributed by atoms with Gasteiger partial charge in [-0.1, -0.05) is 129 Å². The van der Waals surface area contributed by atoms with Gasteiger partial charge in [-0.15, -0.1) is 0 Å². The van der Waals surface area contributed by atoms with Crippen LogP contribution in [0.3, 0.4) is 0 Å². The topological polar surface area (TPSA) is 37.4 Å². The Morgan fingerprint density at radius 1 is 0.730 bits per heavy atom. The first-order valence-corrected chi connectivity index (χ1v) is 13.1. The van der Waals surface area contributed by atoms with Gasteiger partial charge in [-0.2, -0.15) is 0 Å². The van der Waals surface area contributed by atoms with Crippen LogP contribution < -0.4 is 0 Å². The van der Waals surface area contributed by atoms with Crippen molar-refractivity contribution in [3.63, 3.8) is 0 Å². The molecule has 2 atom stereocenters. The molecule has 1 aliphatic heterocycles. The molecule has 3 nitrogen and oxygen atoms in total. The number of rotatable bonds is 7. The second-order valence-corrected chi connectivity index (χ2v) is 10.3. The van der Waals surface area contributed by atoms with E-state index < -0.39 is 11.0 Å². The predicted octanol–water partition coefficient (Wildman–Crippen LogP) is 7.11. The molecule has 1 heterocycles. The summed E-state index contributed by atoms with van der Waals surface area (Å²) in [6.07, 6.45) is 1.13. The Balaban J connectivity index is 1.72. The van der Waals surface area contributed by atoms with Crippen molar-refractivity contribution >= 4 is 11.8 Å². The molecule has 0 bridgehead atoms. The predicted molar refractivity (Wildman–Crippen MR) is 148 cm³/mol. The molecule has 186 valence electrons. The fraction of sp³-hybridized carbons (Fsp3) is 0.235. The monoisotopic (exact) mass is 487 g/mol. The molecule has 0 unspecified atom stereocenters. The molecule has 0 N–H and O–H groups in total. The van der Waals surface area contributed by atoms with Crippen molar-refractivity contribution in [2.75, 3.05) is 0 Å². The largest absolute Gasteiger partial charge is 0.274 e. The zero-order chi connectivity index (χ0) is 26.0. The van der Waals surface area contributed by atoms with Crippen molar-refractivity contribution < 1.29 is 9.59 Å². The highest BCUT2D eigenvalue weighted by Crippen LogP contribution is 2.52. The van der Waals surface area contributed by atoms with E-state index in [0.717, 1.165) is 28.7 Å². The third-order valence-corrected chi connectivity index (χ3v) is 8.21. The lowest BCUT2D eigenvalue weighted by Crippen LogP contribution is -2.52. The Kier molecular flexibility index (Phi) is 6.55. The van der Waals surface area contributed by atoms with Gasteiger partial charge in [0.25, 0.3) is 0 Å². The Morgan fingerprint density at radius 3 is 1.57 bits per heavy atom. The van der Waals surface area contributed by atoms with Gasteiger partial charge in [-0.05, 0) is 47.1 Å². The molecule has 1 fully saturated rings. The molecule has 0 radical (unpaired) electrons. The van der Waals surface area contributed by atoms with Crippen LogP contribution >= 0.6 is 0 Å². The SMILES string of the molecule is CCc1ccc([C@@H](C)[C@]2(C)CC(=O)N(C(c3ccccc3)(c3ccccc3)c3ccccc3)C2=O)cc1. The van der Waals surface area contributed by atoms with Crippen molar-refractivity contribution in [3.05, 3.63) is 143 Å².